The van der Waals surface area contributed by atoms with E-state index in [4.69, 9.17) is 15.7 Å². The minimum Gasteiger partial charge on any atom is -0.496 e. The van der Waals surface area contributed by atoms with Crippen LogP contribution in [0.15, 0.2) is 29.2 Å². The molecule has 0 saturated heterocycles. The van der Waals surface area contributed by atoms with Crippen LogP contribution in [-0.4, -0.2) is 18.9 Å². The number of nitrogens with zero attached hydrogens (tertiary/aromatic N) is 1. The lowest BCUT2D eigenvalue weighted by Crippen LogP contribution is -2.19. The summed E-state index contributed by atoms with van der Waals surface area (Å²) >= 11 is 1.53. The molecule has 0 spiro atoms. The summed E-state index contributed by atoms with van der Waals surface area (Å²) in [5, 5.41) is 8.52. The van der Waals surface area contributed by atoms with Crippen molar-refractivity contribution in [3.05, 3.63) is 24.3 Å². The maximum atomic E-state index is 8.52. The molecule has 1 unspecified atom stereocenters. The minimum absolute atomic E-state index is 0.426. The van der Waals surface area contributed by atoms with Gasteiger partial charge in [-0.1, -0.05) is 12.1 Å². The zero-order valence-electron chi connectivity index (χ0n) is 7.93. The molecule has 0 saturated carbocycles. The van der Waals surface area contributed by atoms with Gasteiger partial charge in [-0.3, -0.25) is 0 Å². The number of ether oxygens (including phenoxy) is 1. The Morgan fingerprint density at radius 1 is 1.57 bits per heavy atom. The highest BCUT2D eigenvalue weighted by Crippen LogP contribution is 2.28. The molecule has 0 heterocycles. The Bertz CT molecular complexity index is 335. The number of methoxy groups -OCH3 is 1. The average Bonchev–Trinajstić information content (AvgIpc) is 2.26. The molecule has 0 radical (unpaired) electrons. The molecule has 1 aromatic carbocycles. The van der Waals surface area contributed by atoms with Crippen molar-refractivity contribution in [1.29, 1.82) is 5.26 Å². The summed E-state index contributed by atoms with van der Waals surface area (Å²) in [5.41, 5.74) is 5.49. The number of nitriles is 1. The third-order valence-corrected chi connectivity index (χ3v) is 2.83. The van der Waals surface area contributed by atoms with Gasteiger partial charge in [-0.2, -0.15) is 5.26 Å². The molecule has 3 nitrogen and oxygen atoms in total. The van der Waals surface area contributed by atoms with Gasteiger partial charge in [0.25, 0.3) is 0 Å². The van der Waals surface area contributed by atoms with Crippen LogP contribution in [0.1, 0.15) is 0 Å². The van der Waals surface area contributed by atoms with Crippen LogP contribution in [0.2, 0.25) is 0 Å². The van der Waals surface area contributed by atoms with Gasteiger partial charge in [0.2, 0.25) is 0 Å². The van der Waals surface area contributed by atoms with Gasteiger partial charge in [-0.05, 0) is 12.1 Å². The van der Waals surface area contributed by atoms with Gasteiger partial charge in [0.05, 0.1) is 13.2 Å². The van der Waals surface area contributed by atoms with E-state index in [1.165, 1.54) is 11.8 Å². The van der Waals surface area contributed by atoms with Gasteiger partial charge in [-0.15, -0.1) is 11.8 Å². The van der Waals surface area contributed by atoms with Gasteiger partial charge < -0.3 is 10.5 Å². The molecule has 0 aliphatic rings. The first kappa shape index (κ1) is 10.9. The van der Waals surface area contributed by atoms with Gasteiger partial charge in [0.15, 0.2) is 0 Å². The molecule has 14 heavy (non-hydrogen) atoms. The SMILES string of the molecule is COc1ccccc1SCC(N)C#N. The Hall–Kier alpha value is -1.18. The molecular formula is C10H12N2OS. The highest BCUT2D eigenvalue weighted by atomic mass is 32.2. The van der Waals surface area contributed by atoms with Crippen molar-refractivity contribution in [2.75, 3.05) is 12.9 Å². The van der Waals surface area contributed by atoms with Crippen LogP contribution < -0.4 is 10.5 Å². The summed E-state index contributed by atoms with van der Waals surface area (Å²) < 4.78 is 5.17. The monoisotopic (exact) mass is 208 g/mol. The lowest BCUT2D eigenvalue weighted by molar-refractivity contribution is 0.405. The van der Waals surface area contributed by atoms with Crippen molar-refractivity contribution in [3.8, 4) is 11.8 Å². The van der Waals surface area contributed by atoms with E-state index in [1.807, 2.05) is 30.3 Å². The molecule has 1 rings (SSSR count). The Morgan fingerprint density at radius 2 is 2.29 bits per heavy atom. The number of para-hydroxylation sites is 1. The lowest BCUT2D eigenvalue weighted by Gasteiger charge is -2.07. The summed E-state index contributed by atoms with van der Waals surface area (Å²) in [4.78, 5) is 1.01. The van der Waals surface area contributed by atoms with Gasteiger partial charge >= 0.3 is 0 Å². The number of thioether (sulfide) groups is 1. The first-order valence-corrected chi connectivity index (χ1v) is 5.17. The summed E-state index contributed by atoms with van der Waals surface area (Å²) in [6.45, 7) is 0. The third kappa shape index (κ3) is 2.95. The maximum Gasteiger partial charge on any atom is 0.132 e. The molecule has 0 aliphatic heterocycles. The van der Waals surface area contributed by atoms with Crippen LogP contribution in [-0.2, 0) is 0 Å². The van der Waals surface area contributed by atoms with E-state index in [0.29, 0.717) is 5.75 Å². The van der Waals surface area contributed by atoms with Crippen molar-refractivity contribution < 1.29 is 4.74 Å². The number of hydrogen-bond acceptors (Lipinski definition) is 4. The summed E-state index contributed by atoms with van der Waals surface area (Å²) in [7, 11) is 1.63. The molecular weight excluding hydrogens is 196 g/mol. The predicted molar refractivity (Wildman–Crippen MR) is 57.3 cm³/mol. The van der Waals surface area contributed by atoms with Crippen LogP contribution in [0.25, 0.3) is 0 Å². The van der Waals surface area contributed by atoms with Crippen molar-refractivity contribution in [1.82, 2.24) is 0 Å². The minimum atomic E-state index is -0.426. The van der Waals surface area contributed by atoms with E-state index in [1.54, 1.807) is 7.11 Å². The fraction of sp³-hybridized carbons (Fsp3) is 0.300. The molecule has 0 fully saturated rings. The van der Waals surface area contributed by atoms with Crippen LogP contribution in [0.4, 0.5) is 0 Å². The van der Waals surface area contributed by atoms with E-state index in [0.717, 1.165) is 10.6 Å². The largest absolute Gasteiger partial charge is 0.496 e. The first-order valence-electron chi connectivity index (χ1n) is 4.19. The fourth-order valence-electron chi connectivity index (χ4n) is 0.955. The van der Waals surface area contributed by atoms with E-state index in [-0.39, 0.29) is 0 Å². The standard InChI is InChI=1S/C10H12N2OS/c1-13-9-4-2-3-5-10(9)14-7-8(12)6-11/h2-5,8H,7,12H2,1H3. The molecule has 4 heteroatoms. The molecule has 74 valence electrons. The Morgan fingerprint density at radius 3 is 2.93 bits per heavy atom. The quantitative estimate of drug-likeness (QED) is 0.764. The van der Waals surface area contributed by atoms with E-state index < -0.39 is 6.04 Å². The molecule has 0 aliphatic carbocycles. The molecule has 0 aromatic heterocycles. The molecule has 0 bridgehead atoms. The first-order chi connectivity index (χ1) is 6.77. The van der Waals surface area contributed by atoms with E-state index in [2.05, 4.69) is 0 Å². The summed E-state index contributed by atoms with van der Waals surface area (Å²) in [6.07, 6.45) is 0. The molecule has 0 amide bonds. The van der Waals surface area contributed by atoms with Crippen LogP contribution >= 0.6 is 11.8 Å². The van der Waals surface area contributed by atoms with Crippen molar-refractivity contribution >= 4 is 11.8 Å². The van der Waals surface area contributed by atoms with E-state index >= 15 is 0 Å². The van der Waals surface area contributed by atoms with Crippen LogP contribution in [0.3, 0.4) is 0 Å². The second kappa shape index (κ2) is 5.53. The fourth-order valence-corrected chi connectivity index (χ4v) is 1.86. The number of nitrogens with two attached hydrogens (primary N) is 1. The maximum absolute atomic E-state index is 8.52. The average molecular weight is 208 g/mol. The molecule has 1 aromatic rings. The summed E-state index contributed by atoms with van der Waals surface area (Å²) in [6, 6.07) is 9.25. The highest BCUT2D eigenvalue weighted by molar-refractivity contribution is 7.99. The highest BCUT2D eigenvalue weighted by Gasteiger charge is 2.05. The van der Waals surface area contributed by atoms with Crippen molar-refractivity contribution in [2.45, 2.75) is 10.9 Å². The Kier molecular flexibility index (Phi) is 4.30. The number of hydrogen-bond donors (Lipinski definition) is 1. The van der Waals surface area contributed by atoms with Crippen LogP contribution in [0, 0.1) is 11.3 Å². The van der Waals surface area contributed by atoms with Gasteiger partial charge in [0.1, 0.15) is 11.8 Å². The van der Waals surface area contributed by atoms with Crippen LogP contribution in [0.5, 0.6) is 5.75 Å². The zero-order valence-corrected chi connectivity index (χ0v) is 8.75. The molecule has 1 atom stereocenters. The third-order valence-electron chi connectivity index (χ3n) is 1.65. The topological polar surface area (TPSA) is 59.0 Å². The molecule has 2 N–H and O–H groups in total. The second-order valence-electron chi connectivity index (χ2n) is 2.70. The van der Waals surface area contributed by atoms with Gasteiger partial charge in [0, 0.05) is 10.6 Å². The zero-order chi connectivity index (χ0) is 10.4. The van der Waals surface area contributed by atoms with Crippen molar-refractivity contribution in [3.63, 3.8) is 0 Å². The lowest BCUT2D eigenvalue weighted by atomic mass is 10.3. The number of benzene rings is 1. The summed E-state index contributed by atoms with van der Waals surface area (Å²) in [5.74, 6) is 1.40. The Balaban J connectivity index is 2.63. The number of rotatable bonds is 4. The predicted octanol–water partition coefficient (Wildman–Crippen LogP) is 1.64. The second-order valence-corrected chi connectivity index (χ2v) is 3.76. The smallest absolute Gasteiger partial charge is 0.132 e. The Labute approximate surface area is 87.9 Å². The van der Waals surface area contributed by atoms with Crippen molar-refractivity contribution in [2.24, 2.45) is 5.73 Å². The normalized spacial score (nSPS) is 11.8. The van der Waals surface area contributed by atoms with E-state index in [9.17, 15) is 0 Å². The van der Waals surface area contributed by atoms with Gasteiger partial charge in [-0.25, -0.2) is 0 Å².